The van der Waals surface area contributed by atoms with E-state index in [1.807, 2.05) is 14.0 Å². The average molecular weight is 211 g/mol. The second kappa shape index (κ2) is 6.06. The zero-order valence-electron chi connectivity index (χ0n) is 8.66. The summed E-state index contributed by atoms with van der Waals surface area (Å²) in [6.07, 6.45) is -0.239. The van der Waals surface area contributed by atoms with Crippen LogP contribution in [0.2, 0.25) is 0 Å². The Labute approximate surface area is 89.7 Å². The van der Waals surface area contributed by atoms with E-state index in [1.54, 1.807) is 11.8 Å². The Morgan fingerprint density at radius 2 is 2.00 bits per heavy atom. The average Bonchev–Trinajstić information content (AvgIpc) is 2.17. The van der Waals surface area contributed by atoms with Gasteiger partial charge in [0.2, 0.25) is 0 Å². The molecule has 0 radical (unpaired) electrons. The summed E-state index contributed by atoms with van der Waals surface area (Å²) >= 11 is 1.68. The standard InChI is InChI=1S/C11H17NOS/c1-9(13)8-14-11-5-3-10(4-6-11)7-12-2/h3-6,9,12-13H,7-8H2,1-2H3. The van der Waals surface area contributed by atoms with Gasteiger partial charge in [-0.05, 0) is 31.7 Å². The van der Waals surface area contributed by atoms with Crippen molar-refractivity contribution < 1.29 is 5.11 Å². The first-order valence-corrected chi connectivity index (χ1v) is 5.75. The monoisotopic (exact) mass is 211 g/mol. The first-order chi connectivity index (χ1) is 6.72. The fourth-order valence-electron chi connectivity index (χ4n) is 1.12. The fraction of sp³-hybridized carbons (Fsp3) is 0.455. The predicted molar refractivity (Wildman–Crippen MR) is 61.6 cm³/mol. The molecule has 0 aliphatic heterocycles. The highest BCUT2D eigenvalue weighted by Gasteiger charge is 1.98. The van der Waals surface area contributed by atoms with E-state index in [0.717, 1.165) is 12.3 Å². The molecule has 0 bridgehead atoms. The summed E-state index contributed by atoms with van der Waals surface area (Å²) in [5.41, 5.74) is 1.29. The molecule has 0 aromatic heterocycles. The molecule has 1 unspecified atom stereocenters. The van der Waals surface area contributed by atoms with Crippen molar-refractivity contribution >= 4 is 11.8 Å². The van der Waals surface area contributed by atoms with Gasteiger partial charge in [0.05, 0.1) is 6.10 Å². The van der Waals surface area contributed by atoms with Crippen LogP contribution in [0.25, 0.3) is 0 Å². The van der Waals surface area contributed by atoms with Crippen molar-refractivity contribution in [1.29, 1.82) is 0 Å². The van der Waals surface area contributed by atoms with Crippen molar-refractivity contribution in [3.05, 3.63) is 29.8 Å². The highest BCUT2D eigenvalue weighted by atomic mass is 32.2. The van der Waals surface area contributed by atoms with Crippen LogP contribution in [0.1, 0.15) is 12.5 Å². The van der Waals surface area contributed by atoms with Gasteiger partial charge < -0.3 is 10.4 Å². The van der Waals surface area contributed by atoms with Gasteiger partial charge in [-0.3, -0.25) is 0 Å². The number of rotatable bonds is 5. The lowest BCUT2D eigenvalue weighted by Crippen LogP contribution is -2.04. The van der Waals surface area contributed by atoms with Crippen LogP contribution < -0.4 is 5.32 Å². The van der Waals surface area contributed by atoms with Crippen LogP contribution in [-0.4, -0.2) is 24.0 Å². The molecule has 78 valence electrons. The van der Waals surface area contributed by atoms with Crippen LogP contribution in [-0.2, 0) is 6.54 Å². The van der Waals surface area contributed by atoms with E-state index in [4.69, 9.17) is 5.11 Å². The van der Waals surface area contributed by atoms with Gasteiger partial charge in [-0.2, -0.15) is 0 Å². The molecule has 0 heterocycles. The van der Waals surface area contributed by atoms with Crippen molar-refractivity contribution in [2.45, 2.75) is 24.5 Å². The minimum absolute atomic E-state index is 0.239. The van der Waals surface area contributed by atoms with Crippen molar-refractivity contribution in [1.82, 2.24) is 5.32 Å². The topological polar surface area (TPSA) is 32.3 Å². The number of hydrogen-bond donors (Lipinski definition) is 2. The zero-order valence-corrected chi connectivity index (χ0v) is 9.47. The molecular formula is C11H17NOS. The van der Waals surface area contributed by atoms with Gasteiger partial charge in [-0.25, -0.2) is 0 Å². The maximum atomic E-state index is 9.12. The Bertz CT molecular complexity index is 258. The lowest BCUT2D eigenvalue weighted by Gasteiger charge is -2.05. The number of hydrogen-bond acceptors (Lipinski definition) is 3. The van der Waals surface area contributed by atoms with E-state index in [-0.39, 0.29) is 6.10 Å². The Morgan fingerprint density at radius 1 is 1.36 bits per heavy atom. The smallest absolute Gasteiger partial charge is 0.0606 e. The van der Waals surface area contributed by atoms with Crippen LogP contribution >= 0.6 is 11.8 Å². The maximum Gasteiger partial charge on any atom is 0.0606 e. The lowest BCUT2D eigenvalue weighted by atomic mass is 10.2. The summed E-state index contributed by atoms with van der Waals surface area (Å²) in [5.74, 6) is 0.755. The quantitative estimate of drug-likeness (QED) is 0.729. The van der Waals surface area contributed by atoms with Gasteiger partial charge in [-0.1, -0.05) is 12.1 Å². The van der Waals surface area contributed by atoms with Crippen LogP contribution in [0.5, 0.6) is 0 Å². The highest BCUT2D eigenvalue weighted by Crippen LogP contribution is 2.19. The molecule has 3 heteroatoms. The molecule has 1 atom stereocenters. The SMILES string of the molecule is CNCc1ccc(SCC(C)O)cc1. The van der Waals surface area contributed by atoms with Crippen molar-refractivity contribution in [2.24, 2.45) is 0 Å². The molecule has 14 heavy (non-hydrogen) atoms. The number of nitrogens with one attached hydrogen (secondary N) is 1. The summed E-state index contributed by atoms with van der Waals surface area (Å²) in [7, 11) is 1.94. The molecule has 0 saturated carbocycles. The van der Waals surface area contributed by atoms with Gasteiger partial charge in [0.15, 0.2) is 0 Å². The third-order valence-electron chi connectivity index (χ3n) is 1.80. The van der Waals surface area contributed by atoms with E-state index < -0.39 is 0 Å². The number of aliphatic hydroxyl groups is 1. The third-order valence-corrected chi connectivity index (χ3v) is 3.05. The van der Waals surface area contributed by atoms with Crippen molar-refractivity contribution in [3.8, 4) is 0 Å². The number of aliphatic hydroxyl groups excluding tert-OH is 1. The molecule has 1 rings (SSSR count). The lowest BCUT2D eigenvalue weighted by molar-refractivity contribution is 0.220. The molecule has 0 fully saturated rings. The first kappa shape index (κ1) is 11.6. The summed E-state index contributed by atoms with van der Waals surface area (Å²) < 4.78 is 0. The summed E-state index contributed by atoms with van der Waals surface area (Å²) in [6.45, 7) is 2.71. The number of benzene rings is 1. The molecule has 1 aromatic carbocycles. The minimum atomic E-state index is -0.239. The van der Waals surface area contributed by atoms with E-state index >= 15 is 0 Å². The summed E-state index contributed by atoms with van der Waals surface area (Å²) in [5, 5.41) is 12.2. The van der Waals surface area contributed by atoms with Crippen LogP contribution in [0.3, 0.4) is 0 Å². The highest BCUT2D eigenvalue weighted by molar-refractivity contribution is 7.99. The molecular weight excluding hydrogens is 194 g/mol. The predicted octanol–water partition coefficient (Wildman–Crippen LogP) is 1.88. The largest absolute Gasteiger partial charge is 0.393 e. The Balaban J connectivity index is 2.46. The molecule has 2 nitrogen and oxygen atoms in total. The minimum Gasteiger partial charge on any atom is -0.393 e. The van der Waals surface area contributed by atoms with E-state index in [2.05, 4.69) is 29.6 Å². The molecule has 0 spiro atoms. The van der Waals surface area contributed by atoms with Crippen molar-refractivity contribution in [3.63, 3.8) is 0 Å². The van der Waals surface area contributed by atoms with Gasteiger partial charge in [0.25, 0.3) is 0 Å². The Hall–Kier alpha value is -0.510. The number of thioether (sulfide) groups is 1. The molecule has 0 aliphatic rings. The van der Waals surface area contributed by atoms with Gasteiger partial charge in [-0.15, -0.1) is 11.8 Å². The van der Waals surface area contributed by atoms with E-state index in [1.165, 1.54) is 10.5 Å². The first-order valence-electron chi connectivity index (χ1n) is 4.77. The zero-order chi connectivity index (χ0) is 10.4. The third kappa shape index (κ3) is 4.13. The van der Waals surface area contributed by atoms with Gasteiger partial charge in [0.1, 0.15) is 0 Å². The molecule has 1 aromatic rings. The summed E-state index contributed by atoms with van der Waals surface area (Å²) in [4.78, 5) is 1.21. The van der Waals surface area contributed by atoms with E-state index in [0.29, 0.717) is 0 Å². The van der Waals surface area contributed by atoms with Crippen LogP contribution in [0.15, 0.2) is 29.2 Å². The van der Waals surface area contributed by atoms with Crippen molar-refractivity contribution in [2.75, 3.05) is 12.8 Å². The normalized spacial score (nSPS) is 12.8. The second-order valence-corrected chi connectivity index (χ2v) is 4.43. The Kier molecular flexibility index (Phi) is 5.01. The van der Waals surface area contributed by atoms with Gasteiger partial charge >= 0.3 is 0 Å². The molecule has 0 aliphatic carbocycles. The molecule has 2 N–H and O–H groups in total. The molecule has 0 amide bonds. The van der Waals surface area contributed by atoms with E-state index in [9.17, 15) is 0 Å². The maximum absolute atomic E-state index is 9.12. The summed E-state index contributed by atoms with van der Waals surface area (Å²) in [6, 6.07) is 8.42. The van der Waals surface area contributed by atoms with Crippen LogP contribution in [0, 0.1) is 0 Å². The second-order valence-electron chi connectivity index (χ2n) is 3.33. The van der Waals surface area contributed by atoms with Crippen LogP contribution in [0.4, 0.5) is 0 Å². The Morgan fingerprint density at radius 3 is 2.50 bits per heavy atom. The fourth-order valence-corrected chi connectivity index (χ4v) is 1.89. The molecule has 0 saturated heterocycles. The van der Waals surface area contributed by atoms with Gasteiger partial charge in [0, 0.05) is 17.2 Å².